The molecule has 140 valence electrons. The second-order valence-electron chi connectivity index (χ2n) is 7.88. The topological polar surface area (TPSA) is 92.1 Å². The smallest absolute Gasteiger partial charge is 0.311 e. The Morgan fingerprint density at radius 3 is 2.69 bits per heavy atom. The first kappa shape index (κ1) is 20.1. The minimum atomic E-state index is -0.611. The van der Waals surface area contributed by atoms with Crippen molar-refractivity contribution in [3.8, 4) is 6.07 Å². The van der Waals surface area contributed by atoms with Gasteiger partial charge in [-0.25, -0.2) is 4.98 Å². The predicted molar refractivity (Wildman–Crippen MR) is 97.4 cm³/mol. The molecule has 1 atom stereocenters. The third kappa shape index (κ3) is 5.92. The molecule has 0 amide bonds. The van der Waals surface area contributed by atoms with Crippen LogP contribution in [-0.2, 0) is 9.53 Å². The van der Waals surface area contributed by atoms with Gasteiger partial charge in [0.2, 0.25) is 0 Å². The lowest BCUT2D eigenvalue weighted by atomic mass is 9.89. The van der Waals surface area contributed by atoms with E-state index in [1.54, 1.807) is 26.8 Å². The molecule has 0 aliphatic carbocycles. The summed E-state index contributed by atoms with van der Waals surface area (Å²) in [5.41, 5.74) is 0.0242. The second kappa shape index (κ2) is 8.91. The monoisotopic (exact) mass is 357 g/mol. The highest BCUT2D eigenvalue weighted by Crippen LogP contribution is 2.25. The number of pyridine rings is 1. The molecule has 0 saturated carbocycles. The highest BCUT2D eigenvalue weighted by Gasteiger charge is 2.29. The van der Waals surface area contributed by atoms with Crippen molar-refractivity contribution >= 4 is 11.8 Å². The summed E-state index contributed by atoms with van der Waals surface area (Å²) < 4.78 is 5.71. The van der Waals surface area contributed by atoms with Crippen LogP contribution in [-0.4, -0.2) is 35.9 Å². The van der Waals surface area contributed by atoms with Gasteiger partial charge in [-0.1, -0.05) is 0 Å². The molecule has 1 aromatic heterocycles. The molecule has 2 heterocycles. The Balaban J connectivity index is 2.09. The molecule has 1 unspecified atom stereocenters. The van der Waals surface area contributed by atoms with E-state index in [0.717, 1.165) is 25.9 Å². The quantitative estimate of drug-likeness (QED) is 0.622. The van der Waals surface area contributed by atoms with Gasteiger partial charge in [-0.15, -0.1) is 0 Å². The number of ketones is 1. The fourth-order valence-corrected chi connectivity index (χ4v) is 2.98. The number of nitrogens with one attached hydrogen (secondary N) is 1. The Morgan fingerprint density at radius 2 is 2.08 bits per heavy atom. The zero-order valence-corrected chi connectivity index (χ0v) is 15.7. The molecule has 1 saturated heterocycles. The predicted octanol–water partition coefficient (Wildman–Crippen LogP) is 2.87. The maximum absolute atomic E-state index is 12.7. The maximum Gasteiger partial charge on any atom is 0.311 e. The van der Waals surface area contributed by atoms with Gasteiger partial charge in [-0.05, 0) is 71.2 Å². The normalized spacial score (nSPS) is 16.5. The van der Waals surface area contributed by atoms with Crippen LogP contribution < -0.4 is 5.32 Å². The summed E-state index contributed by atoms with van der Waals surface area (Å²) in [7, 11) is 0. The Labute approximate surface area is 154 Å². The number of aromatic nitrogens is 1. The number of hydrogen-bond donors (Lipinski definition) is 1. The largest absolute Gasteiger partial charge is 0.461 e. The van der Waals surface area contributed by atoms with E-state index in [0.29, 0.717) is 17.9 Å². The van der Waals surface area contributed by atoms with Crippen molar-refractivity contribution in [1.29, 1.82) is 5.26 Å². The average molecular weight is 357 g/mol. The summed E-state index contributed by atoms with van der Waals surface area (Å²) in [6.45, 7) is 7.32. The Kier molecular flexibility index (Phi) is 6.87. The van der Waals surface area contributed by atoms with Crippen LogP contribution in [0.1, 0.15) is 62.5 Å². The molecule has 6 nitrogen and oxygen atoms in total. The molecule has 1 aromatic rings. The zero-order chi connectivity index (χ0) is 19.2. The number of piperidine rings is 1. The van der Waals surface area contributed by atoms with Crippen LogP contribution >= 0.6 is 0 Å². The van der Waals surface area contributed by atoms with E-state index in [2.05, 4.69) is 10.3 Å². The van der Waals surface area contributed by atoms with Crippen molar-refractivity contribution in [1.82, 2.24) is 10.3 Å². The van der Waals surface area contributed by atoms with Crippen molar-refractivity contribution < 1.29 is 14.3 Å². The van der Waals surface area contributed by atoms with Crippen LogP contribution in [0.4, 0.5) is 0 Å². The first-order valence-electron chi connectivity index (χ1n) is 9.10. The van der Waals surface area contributed by atoms with Crippen molar-refractivity contribution in [2.75, 3.05) is 13.1 Å². The number of rotatable bonds is 6. The average Bonchev–Trinajstić information content (AvgIpc) is 2.61. The first-order valence-corrected chi connectivity index (χ1v) is 9.10. The van der Waals surface area contributed by atoms with Gasteiger partial charge in [0.25, 0.3) is 0 Å². The maximum atomic E-state index is 12.7. The fraction of sp³-hybridized carbons (Fsp3) is 0.600. The van der Waals surface area contributed by atoms with Gasteiger partial charge in [0.15, 0.2) is 5.78 Å². The van der Waals surface area contributed by atoms with E-state index in [4.69, 9.17) is 10.00 Å². The third-order valence-electron chi connectivity index (χ3n) is 4.55. The van der Waals surface area contributed by atoms with Crippen LogP contribution in [0.3, 0.4) is 0 Å². The molecule has 1 N–H and O–H groups in total. The summed E-state index contributed by atoms with van der Waals surface area (Å²) in [5, 5.41) is 12.3. The molecular weight excluding hydrogens is 330 g/mol. The third-order valence-corrected chi connectivity index (χ3v) is 4.55. The van der Waals surface area contributed by atoms with Gasteiger partial charge >= 0.3 is 5.97 Å². The fourth-order valence-electron chi connectivity index (χ4n) is 2.98. The molecule has 0 bridgehead atoms. The van der Waals surface area contributed by atoms with Gasteiger partial charge < -0.3 is 10.1 Å². The number of Topliss-reactive ketones (excluding diaryl/α,β-unsaturated/α-hetero) is 1. The molecule has 26 heavy (non-hydrogen) atoms. The SMILES string of the molecule is CC(C)(C)C(=O)OC(CC(=O)c1ccnc(C#N)c1)CC1CCNCC1. The molecule has 2 rings (SSSR count). The number of carbonyl (C=O) groups excluding carboxylic acids is 2. The summed E-state index contributed by atoms with van der Waals surface area (Å²) in [6.07, 6.45) is 3.86. The zero-order valence-electron chi connectivity index (χ0n) is 15.7. The molecule has 0 spiro atoms. The van der Waals surface area contributed by atoms with Crippen LogP contribution in [0.2, 0.25) is 0 Å². The van der Waals surface area contributed by atoms with E-state index in [1.165, 1.54) is 12.3 Å². The molecule has 6 heteroatoms. The van der Waals surface area contributed by atoms with Crippen LogP contribution in [0.15, 0.2) is 18.3 Å². The number of ether oxygens (including phenoxy) is 1. The summed E-state index contributed by atoms with van der Waals surface area (Å²) >= 11 is 0. The van der Waals surface area contributed by atoms with Crippen LogP contribution in [0.5, 0.6) is 0 Å². The highest BCUT2D eigenvalue weighted by atomic mass is 16.5. The lowest BCUT2D eigenvalue weighted by Crippen LogP contribution is -2.34. The molecule has 1 fully saturated rings. The van der Waals surface area contributed by atoms with Crippen molar-refractivity contribution in [2.45, 2.75) is 52.6 Å². The van der Waals surface area contributed by atoms with Crippen molar-refractivity contribution in [3.05, 3.63) is 29.6 Å². The lowest BCUT2D eigenvalue weighted by molar-refractivity contribution is -0.159. The lowest BCUT2D eigenvalue weighted by Gasteiger charge is -2.28. The molecule has 1 aliphatic rings. The van der Waals surface area contributed by atoms with E-state index in [-0.39, 0.29) is 23.9 Å². The van der Waals surface area contributed by atoms with E-state index in [1.807, 2.05) is 6.07 Å². The minimum Gasteiger partial charge on any atom is -0.461 e. The number of nitrogens with zero attached hydrogens (tertiary/aromatic N) is 2. The summed E-state index contributed by atoms with van der Waals surface area (Å²) in [6, 6.07) is 5.01. The van der Waals surface area contributed by atoms with Crippen LogP contribution in [0, 0.1) is 22.7 Å². The standard InChI is InChI=1S/C20H27N3O3/c1-20(2,3)19(25)26-17(10-14-4-7-22-8-5-14)12-18(24)15-6-9-23-16(11-15)13-21/h6,9,11,14,17,22H,4-5,7-8,10,12H2,1-3H3. The Bertz CT molecular complexity index is 682. The Hall–Kier alpha value is -2.26. The minimum absolute atomic E-state index is 0.126. The van der Waals surface area contributed by atoms with Gasteiger partial charge in [0, 0.05) is 18.2 Å². The van der Waals surface area contributed by atoms with Gasteiger partial charge in [0.1, 0.15) is 17.9 Å². The first-order chi connectivity index (χ1) is 12.3. The molecule has 0 aromatic carbocycles. The molecule has 0 radical (unpaired) electrons. The number of carbonyl (C=O) groups is 2. The van der Waals surface area contributed by atoms with E-state index >= 15 is 0 Å². The van der Waals surface area contributed by atoms with Gasteiger partial charge in [-0.3, -0.25) is 9.59 Å². The number of hydrogen-bond acceptors (Lipinski definition) is 6. The Morgan fingerprint density at radius 1 is 1.38 bits per heavy atom. The highest BCUT2D eigenvalue weighted by molar-refractivity contribution is 5.96. The molecule has 1 aliphatic heterocycles. The number of esters is 1. The van der Waals surface area contributed by atoms with Crippen molar-refractivity contribution in [3.63, 3.8) is 0 Å². The van der Waals surface area contributed by atoms with Gasteiger partial charge in [0.05, 0.1) is 5.41 Å². The van der Waals surface area contributed by atoms with Gasteiger partial charge in [-0.2, -0.15) is 5.26 Å². The van der Waals surface area contributed by atoms with E-state index < -0.39 is 11.5 Å². The van der Waals surface area contributed by atoms with E-state index in [9.17, 15) is 9.59 Å². The number of nitriles is 1. The summed E-state index contributed by atoms with van der Waals surface area (Å²) in [5.74, 6) is 0.00940. The molecular formula is C20H27N3O3. The van der Waals surface area contributed by atoms with Crippen molar-refractivity contribution in [2.24, 2.45) is 11.3 Å². The summed E-state index contributed by atoms with van der Waals surface area (Å²) in [4.78, 5) is 28.9. The van der Waals surface area contributed by atoms with Crippen LogP contribution in [0.25, 0.3) is 0 Å². The second-order valence-corrected chi connectivity index (χ2v) is 7.88.